The Labute approximate surface area is 183 Å². The monoisotopic (exact) mass is 428 g/mol. The van der Waals surface area contributed by atoms with Gasteiger partial charge in [0.05, 0.1) is 11.6 Å². The standard InChI is InChI=1S/C23H32N4O4/c1-3-4-5-22(28)25-18-6-7-21(19(16-18)20-8-11-24-26(20)2)31-15-14-27-12-9-17(10-13-27)23(29)30/h6-8,11,16-17H,3-5,9-10,12-15H2,1-2H3,(H,25,28)(H,29,30). The summed E-state index contributed by atoms with van der Waals surface area (Å²) in [5, 5.41) is 16.4. The van der Waals surface area contributed by atoms with Crippen LogP contribution < -0.4 is 10.1 Å². The van der Waals surface area contributed by atoms with Crippen molar-refractivity contribution in [1.29, 1.82) is 0 Å². The number of ether oxygens (including phenoxy) is 1. The summed E-state index contributed by atoms with van der Waals surface area (Å²) >= 11 is 0. The highest BCUT2D eigenvalue weighted by atomic mass is 16.5. The van der Waals surface area contributed by atoms with Crippen LogP contribution in [0.4, 0.5) is 5.69 Å². The molecule has 2 heterocycles. The number of carbonyl (C=O) groups excluding carboxylic acids is 1. The number of aryl methyl sites for hydroxylation is 1. The average Bonchev–Trinajstić information content (AvgIpc) is 3.19. The van der Waals surface area contributed by atoms with Crippen LogP contribution in [0.3, 0.4) is 0 Å². The van der Waals surface area contributed by atoms with Crippen LogP contribution in [0.25, 0.3) is 11.3 Å². The van der Waals surface area contributed by atoms with Crippen molar-refractivity contribution in [3.05, 3.63) is 30.5 Å². The highest BCUT2D eigenvalue weighted by molar-refractivity contribution is 5.91. The Morgan fingerprint density at radius 1 is 1.26 bits per heavy atom. The van der Waals surface area contributed by atoms with Gasteiger partial charge in [-0.15, -0.1) is 0 Å². The van der Waals surface area contributed by atoms with Crippen LogP contribution >= 0.6 is 0 Å². The van der Waals surface area contributed by atoms with Crippen molar-refractivity contribution in [2.45, 2.75) is 39.0 Å². The number of rotatable bonds is 10. The SMILES string of the molecule is CCCCC(=O)Nc1ccc(OCCN2CCC(C(=O)O)CC2)c(-c2ccnn2C)c1. The number of amides is 1. The Bertz CT molecular complexity index is 887. The zero-order chi connectivity index (χ0) is 22.2. The molecule has 2 aromatic rings. The third-order valence-corrected chi connectivity index (χ3v) is 5.72. The molecule has 1 fully saturated rings. The molecule has 0 spiro atoms. The Kier molecular flexibility index (Phi) is 8.06. The van der Waals surface area contributed by atoms with Crippen molar-refractivity contribution in [2.24, 2.45) is 13.0 Å². The van der Waals surface area contributed by atoms with E-state index in [1.54, 1.807) is 10.9 Å². The number of nitrogens with one attached hydrogen (secondary N) is 1. The number of carbonyl (C=O) groups is 2. The van der Waals surface area contributed by atoms with Crippen LogP contribution in [0.1, 0.15) is 39.0 Å². The maximum Gasteiger partial charge on any atom is 0.306 e. The lowest BCUT2D eigenvalue weighted by Crippen LogP contribution is -2.38. The fraction of sp³-hybridized carbons (Fsp3) is 0.522. The van der Waals surface area contributed by atoms with E-state index in [9.17, 15) is 9.59 Å². The van der Waals surface area contributed by atoms with Crippen molar-refractivity contribution in [3.63, 3.8) is 0 Å². The molecule has 1 aliphatic heterocycles. The van der Waals surface area contributed by atoms with Gasteiger partial charge >= 0.3 is 5.97 Å². The summed E-state index contributed by atoms with van der Waals surface area (Å²) < 4.78 is 7.89. The summed E-state index contributed by atoms with van der Waals surface area (Å²) in [6, 6.07) is 7.59. The number of aliphatic carboxylic acids is 1. The molecule has 0 bridgehead atoms. The fourth-order valence-corrected chi connectivity index (χ4v) is 3.82. The van der Waals surface area contributed by atoms with Crippen molar-refractivity contribution >= 4 is 17.6 Å². The van der Waals surface area contributed by atoms with E-state index in [0.29, 0.717) is 25.9 Å². The van der Waals surface area contributed by atoms with E-state index in [2.05, 4.69) is 22.2 Å². The first-order valence-corrected chi connectivity index (χ1v) is 11.0. The molecule has 2 N–H and O–H groups in total. The van der Waals surface area contributed by atoms with Crippen LogP contribution in [0, 0.1) is 5.92 Å². The topological polar surface area (TPSA) is 96.7 Å². The van der Waals surface area contributed by atoms with Crippen molar-refractivity contribution in [2.75, 3.05) is 31.6 Å². The second-order valence-corrected chi connectivity index (χ2v) is 8.01. The summed E-state index contributed by atoms with van der Waals surface area (Å²) in [4.78, 5) is 25.5. The third-order valence-electron chi connectivity index (χ3n) is 5.72. The van der Waals surface area contributed by atoms with Gasteiger partial charge in [-0.05, 0) is 56.6 Å². The first-order valence-electron chi connectivity index (χ1n) is 11.0. The first-order chi connectivity index (χ1) is 15.0. The molecule has 1 aromatic heterocycles. The van der Waals surface area contributed by atoms with Gasteiger partial charge in [0, 0.05) is 37.5 Å². The van der Waals surface area contributed by atoms with Gasteiger partial charge < -0.3 is 15.2 Å². The molecular weight excluding hydrogens is 396 g/mol. The van der Waals surface area contributed by atoms with E-state index in [4.69, 9.17) is 9.84 Å². The third kappa shape index (κ3) is 6.30. The number of hydrogen-bond acceptors (Lipinski definition) is 5. The molecule has 0 radical (unpaired) electrons. The van der Waals surface area contributed by atoms with E-state index in [0.717, 1.165) is 55.2 Å². The summed E-state index contributed by atoms with van der Waals surface area (Å²) in [6.45, 7) is 4.86. The first kappa shape index (κ1) is 22.8. The average molecular weight is 429 g/mol. The molecule has 8 nitrogen and oxygen atoms in total. The quantitative estimate of drug-likeness (QED) is 0.602. The molecular formula is C23H32N4O4. The van der Waals surface area contributed by atoms with Gasteiger partial charge in [-0.25, -0.2) is 0 Å². The number of hydrogen-bond donors (Lipinski definition) is 2. The number of nitrogens with zero attached hydrogens (tertiary/aromatic N) is 3. The van der Waals surface area contributed by atoms with E-state index < -0.39 is 5.97 Å². The van der Waals surface area contributed by atoms with Crippen LogP contribution in [0.2, 0.25) is 0 Å². The van der Waals surface area contributed by atoms with Crippen LogP contribution in [-0.2, 0) is 16.6 Å². The Balaban J connectivity index is 1.64. The maximum absolute atomic E-state index is 12.1. The molecule has 1 aliphatic rings. The normalized spacial score (nSPS) is 15.0. The molecule has 8 heteroatoms. The van der Waals surface area contributed by atoms with E-state index in [1.807, 2.05) is 31.3 Å². The molecule has 1 amide bonds. The number of piperidine rings is 1. The molecule has 1 aromatic carbocycles. The predicted octanol–water partition coefficient (Wildman–Crippen LogP) is 3.39. The van der Waals surface area contributed by atoms with E-state index in [1.165, 1.54) is 0 Å². The predicted molar refractivity (Wildman–Crippen MR) is 119 cm³/mol. The number of anilines is 1. The van der Waals surface area contributed by atoms with Gasteiger partial charge in [0.15, 0.2) is 0 Å². The van der Waals surface area contributed by atoms with Crippen LogP contribution in [0.15, 0.2) is 30.5 Å². The molecule has 3 rings (SSSR count). The van der Waals surface area contributed by atoms with Crippen molar-refractivity contribution < 1.29 is 19.4 Å². The highest BCUT2D eigenvalue weighted by Gasteiger charge is 2.24. The molecule has 0 aliphatic carbocycles. The fourth-order valence-electron chi connectivity index (χ4n) is 3.82. The van der Waals surface area contributed by atoms with Gasteiger partial charge in [0.2, 0.25) is 5.91 Å². The number of carboxylic acids is 1. The second-order valence-electron chi connectivity index (χ2n) is 8.01. The molecule has 1 saturated heterocycles. The van der Waals surface area contributed by atoms with E-state index >= 15 is 0 Å². The minimum atomic E-state index is -0.696. The Hall–Kier alpha value is -2.87. The summed E-state index contributed by atoms with van der Waals surface area (Å²) in [5.41, 5.74) is 2.51. The second kappa shape index (κ2) is 10.9. The van der Waals surface area contributed by atoms with Gasteiger partial charge in [0.25, 0.3) is 0 Å². The lowest BCUT2D eigenvalue weighted by Gasteiger charge is -2.29. The maximum atomic E-state index is 12.1. The van der Waals surface area contributed by atoms with Gasteiger partial charge in [-0.1, -0.05) is 13.3 Å². The minimum Gasteiger partial charge on any atom is -0.492 e. The minimum absolute atomic E-state index is 0.0104. The largest absolute Gasteiger partial charge is 0.492 e. The molecule has 168 valence electrons. The number of likely N-dealkylation sites (tertiary alicyclic amines) is 1. The van der Waals surface area contributed by atoms with Gasteiger partial charge in [-0.3, -0.25) is 19.2 Å². The van der Waals surface area contributed by atoms with E-state index in [-0.39, 0.29) is 11.8 Å². The summed E-state index contributed by atoms with van der Waals surface area (Å²) in [6.07, 6.45) is 5.45. The van der Waals surface area contributed by atoms with Gasteiger partial charge in [0.1, 0.15) is 12.4 Å². The molecule has 0 atom stereocenters. The number of unbranched alkanes of at least 4 members (excludes halogenated alkanes) is 1. The number of aromatic nitrogens is 2. The lowest BCUT2D eigenvalue weighted by molar-refractivity contribution is -0.143. The Morgan fingerprint density at radius 3 is 2.68 bits per heavy atom. The van der Waals surface area contributed by atoms with Crippen LogP contribution in [0.5, 0.6) is 5.75 Å². The molecule has 0 unspecified atom stereocenters. The molecule has 0 saturated carbocycles. The van der Waals surface area contributed by atoms with Crippen molar-refractivity contribution in [3.8, 4) is 17.0 Å². The zero-order valence-corrected chi connectivity index (χ0v) is 18.3. The van der Waals surface area contributed by atoms with Crippen molar-refractivity contribution in [1.82, 2.24) is 14.7 Å². The summed E-state index contributed by atoms with van der Waals surface area (Å²) in [7, 11) is 1.87. The highest BCUT2D eigenvalue weighted by Crippen LogP contribution is 2.32. The van der Waals surface area contributed by atoms with Gasteiger partial charge in [-0.2, -0.15) is 5.10 Å². The summed E-state index contributed by atoms with van der Waals surface area (Å²) in [5.74, 6) is -0.181. The zero-order valence-electron chi connectivity index (χ0n) is 18.3. The van der Waals surface area contributed by atoms with Crippen LogP contribution in [-0.4, -0.2) is 57.9 Å². The lowest BCUT2D eigenvalue weighted by atomic mass is 9.97. The number of benzene rings is 1. The number of carboxylic acid groups (broad SMARTS) is 1. The molecule has 31 heavy (non-hydrogen) atoms. The Morgan fingerprint density at radius 2 is 2.03 bits per heavy atom. The smallest absolute Gasteiger partial charge is 0.306 e.